The SMILES string of the molecule is CC.CC(=O)c1ccc(Cl)cc1Cl.CC(C)(C)OC(=O)N1CCCC(=O)C1. The molecule has 0 radical (unpaired) electrons. The molecular weight excluding hydrogens is 389 g/mol. The number of rotatable bonds is 1. The third-order valence-corrected chi connectivity index (χ3v) is 3.76. The third kappa shape index (κ3) is 10.4. The Morgan fingerprint density at radius 3 is 2.19 bits per heavy atom. The van der Waals surface area contributed by atoms with Crippen LogP contribution in [0, 0.1) is 0 Å². The minimum Gasteiger partial charge on any atom is -0.444 e. The molecule has 1 aromatic rings. The van der Waals surface area contributed by atoms with E-state index in [2.05, 4.69) is 0 Å². The first-order chi connectivity index (χ1) is 12.5. The summed E-state index contributed by atoms with van der Waals surface area (Å²) in [7, 11) is 0. The summed E-state index contributed by atoms with van der Waals surface area (Å²) in [5, 5.41) is 0.949. The number of carbonyl (C=O) groups is 3. The second-order valence-electron chi connectivity index (χ2n) is 6.72. The highest BCUT2D eigenvalue weighted by Crippen LogP contribution is 2.21. The van der Waals surface area contributed by atoms with Crippen LogP contribution < -0.4 is 0 Å². The van der Waals surface area contributed by atoms with Crippen LogP contribution in [0.5, 0.6) is 0 Å². The number of ketones is 2. The number of Topliss-reactive ketones (excluding diaryl/α,β-unsaturated/α-hetero) is 2. The van der Waals surface area contributed by atoms with Crippen LogP contribution in [0.2, 0.25) is 10.0 Å². The van der Waals surface area contributed by atoms with E-state index in [1.54, 1.807) is 18.2 Å². The van der Waals surface area contributed by atoms with Crippen LogP contribution in [0.3, 0.4) is 0 Å². The normalized spacial score (nSPS) is 13.6. The maximum absolute atomic E-state index is 11.5. The molecule has 1 aromatic carbocycles. The topological polar surface area (TPSA) is 63.7 Å². The Kier molecular flexibility index (Phi) is 11.3. The Morgan fingerprint density at radius 1 is 1.15 bits per heavy atom. The highest BCUT2D eigenvalue weighted by atomic mass is 35.5. The maximum atomic E-state index is 11.5. The van der Waals surface area contributed by atoms with Gasteiger partial charge in [-0.1, -0.05) is 37.0 Å². The lowest BCUT2D eigenvalue weighted by Crippen LogP contribution is -2.43. The monoisotopic (exact) mass is 417 g/mol. The van der Waals surface area contributed by atoms with Crippen molar-refractivity contribution in [1.29, 1.82) is 0 Å². The van der Waals surface area contributed by atoms with Crippen LogP contribution in [0.4, 0.5) is 4.79 Å². The van der Waals surface area contributed by atoms with Gasteiger partial charge in [0.15, 0.2) is 11.6 Å². The standard InChI is InChI=1S/C10H17NO3.C8H6Cl2O.C2H6/c1-10(2,3)14-9(13)11-6-4-5-8(12)7-11;1-5(11)7-3-2-6(9)4-8(7)10;1-2/h4-7H2,1-3H3;2-4H,1H3;1-2H3. The predicted molar refractivity (Wildman–Crippen MR) is 110 cm³/mol. The number of carbonyl (C=O) groups excluding carboxylic acids is 3. The van der Waals surface area contributed by atoms with Gasteiger partial charge in [0.25, 0.3) is 0 Å². The van der Waals surface area contributed by atoms with Crippen LogP contribution in [-0.4, -0.2) is 41.3 Å². The Morgan fingerprint density at radius 2 is 1.74 bits per heavy atom. The first kappa shape index (κ1) is 25.4. The molecule has 0 unspecified atom stereocenters. The van der Waals surface area contributed by atoms with Crippen LogP contribution >= 0.6 is 23.2 Å². The molecule has 152 valence electrons. The molecule has 1 heterocycles. The quantitative estimate of drug-likeness (QED) is 0.540. The van der Waals surface area contributed by atoms with Crippen molar-refractivity contribution in [3.8, 4) is 0 Å². The molecule has 0 aliphatic carbocycles. The van der Waals surface area contributed by atoms with E-state index in [1.165, 1.54) is 11.8 Å². The summed E-state index contributed by atoms with van der Waals surface area (Å²) >= 11 is 11.3. The summed E-state index contributed by atoms with van der Waals surface area (Å²) in [6, 6.07) is 4.82. The zero-order valence-electron chi connectivity index (χ0n) is 16.9. The first-order valence-electron chi connectivity index (χ1n) is 8.95. The van der Waals surface area contributed by atoms with Gasteiger partial charge in [0.2, 0.25) is 0 Å². The van der Waals surface area contributed by atoms with E-state index >= 15 is 0 Å². The van der Waals surface area contributed by atoms with Gasteiger partial charge in [-0.15, -0.1) is 0 Å². The second kappa shape index (κ2) is 12.0. The van der Waals surface area contributed by atoms with Crippen molar-refractivity contribution >= 4 is 40.9 Å². The Balaban J connectivity index is 0.000000469. The van der Waals surface area contributed by atoms with Gasteiger partial charge in [0, 0.05) is 23.6 Å². The van der Waals surface area contributed by atoms with Gasteiger partial charge in [-0.25, -0.2) is 4.79 Å². The fourth-order valence-electron chi connectivity index (χ4n) is 2.10. The van der Waals surface area contributed by atoms with E-state index in [9.17, 15) is 14.4 Å². The Hall–Kier alpha value is -1.59. The zero-order valence-corrected chi connectivity index (χ0v) is 18.4. The molecule has 1 aliphatic rings. The lowest BCUT2D eigenvalue weighted by molar-refractivity contribution is -0.122. The molecule has 0 bridgehead atoms. The summed E-state index contributed by atoms with van der Waals surface area (Å²) in [6.07, 6.45) is 0.947. The van der Waals surface area contributed by atoms with Crippen molar-refractivity contribution in [3.63, 3.8) is 0 Å². The lowest BCUT2D eigenvalue weighted by atomic mass is 10.1. The van der Waals surface area contributed by atoms with Gasteiger partial charge < -0.3 is 9.64 Å². The lowest BCUT2D eigenvalue weighted by Gasteiger charge is -2.29. The van der Waals surface area contributed by atoms with Gasteiger partial charge in [-0.05, 0) is 52.3 Å². The van der Waals surface area contributed by atoms with Gasteiger partial charge in [0.1, 0.15) is 5.60 Å². The van der Waals surface area contributed by atoms with Crippen molar-refractivity contribution in [2.45, 2.75) is 60.0 Å². The molecule has 1 saturated heterocycles. The third-order valence-electron chi connectivity index (χ3n) is 3.21. The molecule has 7 heteroatoms. The Labute approximate surface area is 172 Å². The molecule has 0 aromatic heterocycles. The number of hydrogen-bond acceptors (Lipinski definition) is 4. The minimum absolute atomic E-state index is 0.0494. The van der Waals surface area contributed by atoms with Gasteiger partial charge in [-0.3, -0.25) is 9.59 Å². The predicted octanol–water partition coefficient (Wildman–Crippen LogP) is 5.81. The van der Waals surface area contributed by atoms with Crippen LogP contribution in [0.1, 0.15) is 64.7 Å². The first-order valence-corrected chi connectivity index (χ1v) is 9.71. The smallest absolute Gasteiger partial charge is 0.410 e. The number of amides is 1. The average Bonchev–Trinajstić information content (AvgIpc) is 2.55. The molecule has 1 fully saturated rings. The van der Waals surface area contributed by atoms with E-state index in [0.717, 1.165) is 6.42 Å². The molecule has 0 N–H and O–H groups in total. The number of nitrogens with zero attached hydrogens (tertiary/aromatic N) is 1. The summed E-state index contributed by atoms with van der Waals surface area (Å²) in [6.45, 7) is 11.7. The molecule has 1 aliphatic heterocycles. The molecular formula is C20H29Cl2NO4. The number of ether oxygens (including phenoxy) is 1. The molecule has 2 rings (SSSR count). The van der Waals surface area contributed by atoms with E-state index in [0.29, 0.717) is 28.6 Å². The van der Waals surface area contributed by atoms with E-state index in [-0.39, 0.29) is 24.2 Å². The summed E-state index contributed by atoms with van der Waals surface area (Å²) in [5.74, 6) is 0.0637. The Bertz CT molecular complexity index is 654. The molecule has 1 amide bonds. The van der Waals surface area contributed by atoms with Crippen molar-refractivity contribution in [1.82, 2.24) is 4.90 Å². The average molecular weight is 418 g/mol. The summed E-state index contributed by atoms with van der Waals surface area (Å²) < 4.78 is 5.16. The van der Waals surface area contributed by atoms with Crippen molar-refractivity contribution in [3.05, 3.63) is 33.8 Å². The molecule has 0 spiro atoms. The maximum Gasteiger partial charge on any atom is 0.410 e. The van der Waals surface area contributed by atoms with Crippen molar-refractivity contribution < 1.29 is 19.1 Å². The van der Waals surface area contributed by atoms with Gasteiger partial charge in [-0.2, -0.15) is 0 Å². The number of benzene rings is 1. The molecule has 0 atom stereocenters. The van der Waals surface area contributed by atoms with E-state index in [4.69, 9.17) is 27.9 Å². The molecule has 5 nitrogen and oxygen atoms in total. The molecule has 27 heavy (non-hydrogen) atoms. The number of hydrogen-bond donors (Lipinski definition) is 0. The number of halogens is 2. The van der Waals surface area contributed by atoms with E-state index < -0.39 is 5.60 Å². The number of piperidine rings is 1. The van der Waals surface area contributed by atoms with Crippen molar-refractivity contribution in [2.24, 2.45) is 0 Å². The van der Waals surface area contributed by atoms with Crippen LogP contribution in [-0.2, 0) is 9.53 Å². The summed E-state index contributed by atoms with van der Waals surface area (Å²) in [5.41, 5.74) is 0.0217. The highest BCUT2D eigenvalue weighted by Gasteiger charge is 2.26. The molecule has 0 saturated carbocycles. The zero-order chi connectivity index (χ0) is 21.2. The largest absolute Gasteiger partial charge is 0.444 e. The van der Waals surface area contributed by atoms with Crippen LogP contribution in [0.25, 0.3) is 0 Å². The van der Waals surface area contributed by atoms with Crippen molar-refractivity contribution in [2.75, 3.05) is 13.1 Å². The second-order valence-corrected chi connectivity index (χ2v) is 7.57. The number of likely N-dealkylation sites (tertiary alicyclic amines) is 1. The van der Waals surface area contributed by atoms with Crippen LogP contribution in [0.15, 0.2) is 18.2 Å². The highest BCUT2D eigenvalue weighted by molar-refractivity contribution is 6.36. The fourth-order valence-corrected chi connectivity index (χ4v) is 2.64. The fraction of sp³-hybridized carbons (Fsp3) is 0.550. The summed E-state index contributed by atoms with van der Waals surface area (Å²) in [4.78, 5) is 34.9. The minimum atomic E-state index is -0.489. The van der Waals surface area contributed by atoms with Gasteiger partial charge >= 0.3 is 6.09 Å². The van der Waals surface area contributed by atoms with Gasteiger partial charge in [0.05, 0.1) is 11.6 Å². The van der Waals surface area contributed by atoms with E-state index in [1.807, 2.05) is 34.6 Å².